The van der Waals surface area contributed by atoms with Gasteiger partial charge in [0.15, 0.2) is 0 Å². The second-order valence-electron chi connectivity index (χ2n) is 10.0. The lowest BCUT2D eigenvalue weighted by Crippen LogP contribution is -2.45. The molecule has 18 heteroatoms. The number of nitrogens with zero attached hydrogens (tertiary/aromatic N) is 3. The normalized spacial score (nSPS) is 16.7. The summed E-state index contributed by atoms with van der Waals surface area (Å²) in [6.07, 6.45) is -10.8. The number of rotatable bonds is 8. The van der Waals surface area contributed by atoms with Gasteiger partial charge in [-0.15, -0.1) is 0 Å². The Morgan fingerprint density at radius 2 is 1.72 bits per heavy atom. The Balaban J connectivity index is 0.000000644. The smallest absolute Gasteiger partial charge is 0.490 e. The van der Waals surface area contributed by atoms with Crippen LogP contribution in [-0.2, 0) is 20.5 Å². The fourth-order valence-electron chi connectivity index (χ4n) is 4.32. The molecular weight excluding hydrogens is 646 g/mol. The number of fused-ring (bicyclic) bond motifs is 1. The zero-order chi connectivity index (χ0) is 34.5. The quantitative estimate of drug-likeness (QED) is 0.163. The van der Waals surface area contributed by atoms with Crippen molar-refractivity contribution in [3.63, 3.8) is 0 Å². The van der Waals surface area contributed by atoms with Gasteiger partial charge in [0.2, 0.25) is 11.6 Å². The molecular formula is C29H26F6N4O8. The van der Waals surface area contributed by atoms with Gasteiger partial charge in [-0.2, -0.15) is 31.3 Å². The van der Waals surface area contributed by atoms with Crippen molar-refractivity contribution in [2.75, 3.05) is 19.8 Å². The van der Waals surface area contributed by atoms with Crippen molar-refractivity contribution in [2.24, 2.45) is 5.92 Å². The number of carbonyl (C=O) groups excluding carboxylic acids is 1. The van der Waals surface area contributed by atoms with Crippen molar-refractivity contribution in [3.05, 3.63) is 59.7 Å². The molecule has 0 saturated heterocycles. The maximum Gasteiger partial charge on any atom is 0.490 e. The topological polar surface area (TPSA) is 170 Å². The maximum absolute atomic E-state index is 14.0. The second kappa shape index (κ2) is 14.2. The molecule has 1 aliphatic rings. The molecule has 252 valence electrons. The summed E-state index contributed by atoms with van der Waals surface area (Å²) in [5.74, 6) is -4.34. The van der Waals surface area contributed by atoms with Gasteiger partial charge in [-0.3, -0.25) is 4.79 Å². The van der Waals surface area contributed by atoms with E-state index in [0.29, 0.717) is 16.9 Å². The summed E-state index contributed by atoms with van der Waals surface area (Å²) in [6.45, 7) is 4.13. The molecule has 12 nitrogen and oxygen atoms in total. The fourth-order valence-corrected chi connectivity index (χ4v) is 4.32. The number of nitrogens with one attached hydrogen (secondary N) is 1. The van der Waals surface area contributed by atoms with Gasteiger partial charge >= 0.3 is 24.3 Å². The van der Waals surface area contributed by atoms with E-state index in [1.165, 1.54) is 12.1 Å². The van der Waals surface area contributed by atoms with Crippen molar-refractivity contribution in [2.45, 2.75) is 38.3 Å². The summed E-state index contributed by atoms with van der Waals surface area (Å²) < 4.78 is 94.8. The number of carboxylic acids is 1. The molecule has 1 aliphatic heterocycles. The highest BCUT2D eigenvalue weighted by Gasteiger charge is 2.43. The minimum absolute atomic E-state index is 0.00909. The van der Waals surface area contributed by atoms with E-state index in [1.807, 2.05) is 0 Å². The van der Waals surface area contributed by atoms with E-state index in [2.05, 4.69) is 20.6 Å². The van der Waals surface area contributed by atoms with E-state index >= 15 is 0 Å². The van der Waals surface area contributed by atoms with E-state index in [4.69, 9.17) is 28.4 Å². The Morgan fingerprint density at radius 1 is 1.04 bits per heavy atom. The van der Waals surface area contributed by atoms with Crippen molar-refractivity contribution in [3.8, 4) is 40.0 Å². The summed E-state index contributed by atoms with van der Waals surface area (Å²) in [6, 6.07) is 12.1. The minimum Gasteiger partial charge on any atom is -0.491 e. The van der Waals surface area contributed by atoms with Crippen LogP contribution in [0.1, 0.15) is 31.1 Å². The highest BCUT2D eigenvalue weighted by molar-refractivity contribution is 5.73. The minimum atomic E-state index is -5.08. The molecule has 0 spiro atoms. The molecule has 0 bridgehead atoms. The van der Waals surface area contributed by atoms with Crippen LogP contribution in [0, 0.1) is 5.92 Å². The molecule has 3 heterocycles. The number of aliphatic hydroxyl groups excluding tert-OH is 1. The largest absolute Gasteiger partial charge is 0.491 e. The predicted molar refractivity (Wildman–Crippen MR) is 147 cm³/mol. The molecule has 0 radical (unpaired) electrons. The summed E-state index contributed by atoms with van der Waals surface area (Å²) in [5, 5.41) is 28.6. The van der Waals surface area contributed by atoms with Gasteiger partial charge in [-0.05, 0) is 13.0 Å². The number of benzene rings is 2. The molecule has 3 N–H and O–H groups in total. The number of hydrogen-bond acceptors (Lipinski definition) is 11. The van der Waals surface area contributed by atoms with Crippen molar-refractivity contribution >= 4 is 11.9 Å². The van der Waals surface area contributed by atoms with Crippen LogP contribution >= 0.6 is 0 Å². The molecule has 2 aromatic heterocycles. The first-order chi connectivity index (χ1) is 22.1. The fraction of sp³-hybridized carbons (Fsp3) is 0.345. The van der Waals surface area contributed by atoms with E-state index in [1.54, 1.807) is 50.2 Å². The summed E-state index contributed by atoms with van der Waals surface area (Å²) in [5.41, 5.74) is -0.416. The van der Waals surface area contributed by atoms with Crippen LogP contribution in [0.25, 0.3) is 34.3 Å². The van der Waals surface area contributed by atoms with Crippen LogP contribution in [0.15, 0.2) is 57.6 Å². The molecule has 3 unspecified atom stereocenters. The first-order valence-electron chi connectivity index (χ1n) is 13.7. The number of ether oxygens (including phenoxy) is 2. The lowest BCUT2D eigenvalue weighted by molar-refractivity contribution is -0.192. The number of carboxylic acid groups (broad SMARTS) is 1. The van der Waals surface area contributed by atoms with Crippen LogP contribution in [0.3, 0.4) is 0 Å². The number of aliphatic carboxylic acids is 1. The van der Waals surface area contributed by atoms with Gasteiger partial charge in [0, 0.05) is 23.2 Å². The Bertz CT molecular complexity index is 1690. The third-order valence-electron chi connectivity index (χ3n) is 6.65. The van der Waals surface area contributed by atoms with Crippen LogP contribution in [0.5, 0.6) is 5.75 Å². The number of carbonyl (C=O) groups is 2. The molecule has 0 saturated carbocycles. The molecule has 5 rings (SSSR count). The Kier molecular flexibility index (Phi) is 10.5. The molecule has 0 aliphatic carbocycles. The number of alkyl halides is 6. The van der Waals surface area contributed by atoms with Crippen LogP contribution in [0.4, 0.5) is 26.3 Å². The zero-order valence-electron chi connectivity index (χ0n) is 24.4. The van der Waals surface area contributed by atoms with Crippen molar-refractivity contribution < 1.29 is 64.7 Å². The van der Waals surface area contributed by atoms with Crippen LogP contribution < -0.4 is 10.1 Å². The van der Waals surface area contributed by atoms with Crippen LogP contribution in [-0.4, -0.2) is 69.4 Å². The molecule has 2 aromatic carbocycles. The lowest BCUT2D eigenvalue weighted by atomic mass is 9.97. The van der Waals surface area contributed by atoms with Gasteiger partial charge in [-0.25, -0.2) is 4.79 Å². The summed E-state index contributed by atoms with van der Waals surface area (Å²) in [4.78, 5) is 24.9. The summed E-state index contributed by atoms with van der Waals surface area (Å²) in [7, 11) is 0. The molecule has 4 aromatic rings. The number of hydrogen-bond donors (Lipinski definition) is 3. The first kappa shape index (κ1) is 34.9. The standard InChI is InChI=1S/C27H25F3N4O6.C2HF3O2/c1-3-37-26(36)14(2)12-31-18-13-38-19-11-16(9-10-17(19)22(18)35)24-32-25(40-34-24)23-20(27(28,29)30)21(33-39-23)15-7-5-4-6-8-15;3-2(4,5)1(6)7/h4-11,14,18,22,31,35H,3,12-13H2,1-2H3;(H,6,7). The van der Waals surface area contributed by atoms with Crippen molar-refractivity contribution in [1.82, 2.24) is 20.6 Å². The highest BCUT2D eigenvalue weighted by atomic mass is 19.4. The Morgan fingerprint density at radius 3 is 2.34 bits per heavy atom. The first-order valence-corrected chi connectivity index (χ1v) is 13.7. The average Bonchev–Trinajstić information content (AvgIpc) is 3.69. The molecule has 0 amide bonds. The third kappa shape index (κ3) is 8.25. The number of aromatic nitrogens is 3. The second-order valence-corrected chi connectivity index (χ2v) is 10.0. The van der Waals surface area contributed by atoms with Gasteiger partial charge in [0.1, 0.15) is 29.7 Å². The molecule has 47 heavy (non-hydrogen) atoms. The monoisotopic (exact) mass is 672 g/mol. The highest BCUT2D eigenvalue weighted by Crippen LogP contribution is 2.43. The number of halogens is 6. The third-order valence-corrected chi connectivity index (χ3v) is 6.65. The van der Waals surface area contributed by atoms with Crippen LogP contribution in [0.2, 0.25) is 0 Å². The van der Waals surface area contributed by atoms with E-state index in [9.17, 15) is 36.2 Å². The van der Waals surface area contributed by atoms with Gasteiger partial charge < -0.3 is 34.0 Å². The van der Waals surface area contributed by atoms with E-state index in [-0.39, 0.29) is 42.8 Å². The zero-order valence-corrected chi connectivity index (χ0v) is 24.4. The maximum atomic E-state index is 14.0. The molecule has 0 fully saturated rings. The van der Waals surface area contributed by atoms with Gasteiger partial charge in [0.25, 0.3) is 5.89 Å². The molecule has 3 atom stereocenters. The Hall–Kier alpha value is -4.97. The Labute approximate surface area is 261 Å². The van der Waals surface area contributed by atoms with Gasteiger partial charge in [-0.1, -0.05) is 59.7 Å². The summed E-state index contributed by atoms with van der Waals surface area (Å²) >= 11 is 0. The SMILES string of the molecule is CCOC(=O)C(C)CNC1COc2cc(-c3noc(-c4onc(-c5ccccc5)c4C(F)(F)F)n3)ccc2C1O.O=C(O)C(F)(F)F. The lowest BCUT2D eigenvalue weighted by Gasteiger charge is -2.31. The number of aliphatic hydroxyl groups is 1. The number of esters is 1. The van der Waals surface area contributed by atoms with Gasteiger partial charge in [0.05, 0.1) is 18.6 Å². The van der Waals surface area contributed by atoms with E-state index < -0.39 is 53.6 Å². The van der Waals surface area contributed by atoms with Crippen molar-refractivity contribution in [1.29, 1.82) is 0 Å². The average molecular weight is 673 g/mol. The predicted octanol–water partition coefficient (Wildman–Crippen LogP) is 5.29. The van der Waals surface area contributed by atoms with E-state index in [0.717, 1.165) is 0 Å².